The summed E-state index contributed by atoms with van der Waals surface area (Å²) in [5.74, 6) is 3.90. The van der Waals surface area contributed by atoms with Crippen molar-refractivity contribution in [2.45, 2.75) is 78.2 Å². The summed E-state index contributed by atoms with van der Waals surface area (Å²) in [5, 5.41) is 3.80. The van der Waals surface area contributed by atoms with E-state index in [2.05, 4.69) is 26.1 Å². The number of nitrogens with one attached hydrogen (secondary N) is 1. The monoisotopic (exact) mass is 251 g/mol. The first kappa shape index (κ1) is 14.4. The van der Waals surface area contributed by atoms with Crippen LogP contribution in [0.25, 0.3) is 0 Å². The van der Waals surface area contributed by atoms with Gasteiger partial charge in [-0.05, 0) is 55.9 Å². The van der Waals surface area contributed by atoms with Crippen molar-refractivity contribution in [1.82, 2.24) is 5.32 Å². The molecule has 1 nitrogen and oxygen atoms in total. The highest BCUT2D eigenvalue weighted by molar-refractivity contribution is 4.88. The fourth-order valence-electron chi connectivity index (χ4n) is 4.39. The van der Waals surface area contributed by atoms with Crippen molar-refractivity contribution in [3.63, 3.8) is 0 Å². The molecule has 0 aromatic rings. The van der Waals surface area contributed by atoms with Crippen molar-refractivity contribution in [1.29, 1.82) is 0 Å². The zero-order chi connectivity index (χ0) is 13.0. The van der Waals surface area contributed by atoms with Gasteiger partial charge >= 0.3 is 0 Å². The van der Waals surface area contributed by atoms with E-state index in [0.29, 0.717) is 0 Å². The summed E-state index contributed by atoms with van der Waals surface area (Å²) in [5.41, 5.74) is 0. The second kappa shape index (κ2) is 6.93. The van der Waals surface area contributed by atoms with Crippen molar-refractivity contribution < 1.29 is 0 Å². The summed E-state index contributed by atoms with van der Waals surface area (Å²) < 4.78 is 0. The zero-order valence-electron chi connectivity index (χ0n) is 12.8. The fraction of sp³-hybridized carbons (Fsp3) is 1.00. The van der Waals surface area contributed by atoms with Crippen molar-refractivity contribution in [2.75, 3.05) is 6.54 Å². The number of hydrogen-bond donors (Lipinski definition) is 1. The molecule has 0 aliphatic heterocycles. The molecule has 0 saturated heterocycles. The lowest BCUT2D eigenvalue weighted by Crippen LogP contribution is -2.41. The van der Waals surface area contributed by atoms with Crippen molar-refractivity contribution in [2.24, 2.45) is 23.7 Å². The lowest BCUT2D eigenvalue weighted by molar-refractivity contribution is 0.125. The van der Waals surface area contributed by atoms with Crippen molar-refractivity contribution in [3.05, 3.63) is 0 Å². The largest absolute Gasteiger partial charge is 0.314 e. The second-order valence-corrected chi connectivity index (χ2v) is 6.99. The molecule has 2 rings (SSSR count). The van der Waals surface area contributed by atoms with Crippen LogP contribution in [0.4, 0.5) is 0 Å². The minimum Gasteiger partial charge on any atom is -0.314 e. The Kier molecular flexibility index (Phi) is 5.54. The maximum Gasteiger partial charge on any atom is 0.00978 e. The zero-order valence-corrected chi connectivity index (χ0v) is 12.8. The molecule has 1 N–H and O–H groups in total. The minimum absolute atomic E-state index is 0.822. The average Bonchev–Trinajstić information content (AvgIpc) is 2.59. The summed E-state index contributed by atoms with van der Waals surface area (Å²) in [6, 6.07) is 0.822. The highest BCUT2D eigenvalue weighted by Crippen LogP contribution is 2.41. The molecule has 2 aliphatic rings. The summed E-state index contributed by atoms with van der Waals surface area (Å²) in [6.45, 7) is 8.36. The molecular formula is C17H33N. The molecule has 5 atom stereocenters. The van der Waals surface area contributed by atoms with Gasteiger partial charge in [-0.1, -0.05) is 46.5 Å². The van der Waals surface area contributed by atoms with E-state index in [1.807, 2.05) is 0 Å². The lowest BCUT2D eigenvalue weighted by Gasteiger charge is -2.40. The van der Waals surface area contributed by atoms with Gasteiger partial charge in [0, 0.05) is 6.04 Å². The third kappa shape index (κ3) is 3.50. The Hall–Kier alpha value is -0.0400. The van der Waals surface area contributed by atoms with E-state index in [1.54, 1.807) is 0 Å². The molecule has 5 unspecified atom stereocenters. The summed E-state index contributed by atoms with van der Waals surface area (Å²) in [6.07, 6.45) is 11.8. The van der Waals surface area contributed by atoms with E-state index in [4.69, 9.17) is 0 Å². The molecule has 0 aromatic heterocycles. The van der Waals surface area contributed by atoms with E-state index in [1.165, 1.54) is 51.4 Å². The highest BCUT2D eigenvalue weighted by atomic mass is 14.9. The molecule has 0 spiro atoms. The predicted molar refractivity (Wildman–Crippen MR) is 79.7 cm³/mol. The van der Waals surface area contributed by atoms with Crippen LogP contribution in [0.3, 0.4) is 0 Å². The van der Waals surface area contributed by atoms with Gasteiger partial charge in [0.15, 0.2) is 0 Å². The highest BCUT2D eigenvalue weighted by Gasteiger charge is 2.34. The van der Waals surface area contributed by atoms with Gasteiger partial charge in [-0.15, -0.1) is 0 Å². The molecule has 0 radical (unpaired) electrons. The van der Waals surface area contributed by atoms with Crippen LogP contribution in [-0.2, 0) is 0 Å². The molecule has 18 heavy (non-hydrogen) atoms. The third-order valence-corrected chi connectivity index (χ3v) is 5.78. The molecule has 1 heteroatoms. The van der Waals surface area contributed by atoms with Gasteiger partial charge in [0.1, 0.15) is 0 Å². The van der Waals surface area contributed by atoms with Gasteiger partial charge in [0.2, 0.25) is 0 Å². The smallest absolute Gasteiger partial charge is 0.00978 e. The van der Waals surface area contributed by atoms with Gasteiger partial charge in [-0.25, -0.2) is 0 Å². The lowest BCUT2D eigenvalue weighted by atomic mass is 9.68. The Labute approximate surface area is 114 Å². The summed E-state index contributed by atoms with van der Waals surface area (Å²) in [7, 11) is 0. The van der Waals surface area contributed by atoms with E-state index < -0.39 is 0 Å². The molecule has 0 aromatic carbocycles. The van der Waals surface area contributed by atoms with Crippen LogP contribution in [-0.4, -0.2) is 12.6 Å². The Morgan fingerprint density at radius 2 is 1.67 bits per heavy atom. The van der Waals surface area contributed by atoms with Gasteiger partial charge in [-0.2, -0.15) is 0 Å². The van der Waals surface area contributed by atoms with Crippen LogP contribution in [0, 0.1) is 23.7 Å². The first-order valence-corrected chi connectivity index (χ1v) is 8.45. The van der Waals surface area contributed by atoms with Crippen molar-refractivity contribution in [3.8, 4) is 0 Å². The molecule has 2 fully saturated rings. The standard InChI is InChI=1S/C17H33N/c1-4-18-17-9-7-5-6-8-16(17)15-11-10-13(2)14(3)12-15/h13-18H,4-12H2,1-3H3. The number of hydrogen-bond acceptors (Lipinski definition) is 1. The third-order valence-electron chi connectivity index (χ3n) is 5.78. The van der Waals surface area contributed by atoms with Gasteiger partial charge < -0.3 is 5.32 Å². The molecular weight excluding hydrogens is 218 g/mol. The van der Waals surface area contributed by atoms with Crippen molar-refractivity contribution >= 4 is 0 Å². The first-order chi connectivity index (χ1) is 8.72. The van der Waals surface area contributed by atoms with Crippen LogP contribution < -0.4 is 5.32 Å². The van der Waals surface area contributed by atoms with Gasteiger partial charge in [-0.3, -0.25) is 0 Å². The topological polar surface area (TPSA) is 12.0 Å². The van der Waals surface area contributed by atoms with E-state index >= 15 is 0 Å². The van der Waals surface area contributed by atoms with Crippen LogP contribution in [0.15, 0.2) is 0 Å². The minimum atomic E-state index is 0.822. The Morgan fingerprint density at radius 1 is 0.889 bits per heavy atom. The quantitative estimate of drug-likeness (QED) is 0.722. The van der Waals surface area contributed by atoms with Crippen LogP contribution >= 0.6 is 0 Å². The van der Waals surface area contributed by atoms with Crippen LogP contribution in [0.2, 0.25) is 0 Å². The molecule has 2 saturated carbocycles. The summed E-state index contributed by atoms with van der Waals surface area (Å²) >= 11 is 0. The van der Waals surface area contributed by atoms with Crippen LogP contribution in [0.5, 0.6) is 0 Å². The van der Waals surface area contributed by atoms with Crippen LogP contribution in [0.1, 0.15) is 72.1 Å². The number of rotatable bonds is 3. The Bertz CT molecular complexity index is 238. The van der Waals surface area contributed by atoms with E-state index in [-0.39, 0.29) is 0 Å². The molecule has 0 bridgehead atoms. The fourth-order valence-corrected chi connectivity index (χ4v) is 4.39. The normalized spacial score (nSPS) is 42.5. The second-order valence-electron chi connectivity index (χ2n) is 6.99. The molecule has 106 valence electrons. The first-order valence-electron chi connectivity index (χ1n) is 8.45. The van der Waals surface area contributed by atoms with E-state index in [9.17, 15) is 0 Å². The Balaban J connectivity index is 1.98. The predicted octanol–water partition coefficient (Wildman–Crippen LogP) is 4.62. The average molecular weight is 251 g/mol. The van der Waals surface area contributed by atoms with E-state index in [0.717, 1.165) is 36.3 Å². The summed E-state index contributed by atoms with van der Waals surface area (Å²) in [4.78, 5) is 0. The maximum atomic E-state index is 3.80. The molecule has 0 heterocycles. The van der Waals surface area contributed by atoms with Gasteiger partial charge in [0.05, 0.1) is 0 Å². The molecule has 2 aliphatic carbocycles. The van der Waals surface area contributed by atoms with Gasteiger partial charge in [0.25, 0.3) is 0 Å². The maximum absolute atomic E-state index is 3.80. The molecule has 0 amide bonds. The Morgan fingerprint density at radius 3 is 2.39 bits per heavy atom. The SMILES string of the molecule is CCNC1CCCCCC1C1CCC(C)C(C)C1.